The Labute approximate surface area is 154 Å². The molecule has 1 aliphatic rings. The van der Waals surface area contributed by atoms with Gasteiger partial charge >= 0.3 is 0 Å². The lowest BCUT2D eigenvalue weighted by molar-refractivity contribution is 0.102. The molecule has 134 valence electrons. The molecule has 1 atom stereocenters. The van der Waals surface area contributed by atoms with Crippen molar-refractivity contribution < 1.29 is 13.2 Å². The van der Waals surface area contributed by atoms with Crippen molar-refractivity contribution in [2.24, 2.45) is 0 Å². The van der Waals surface area contributed by atoms with Crippen LogP contribution in [-0.2, 0) is 9.84 Å². The van der Waals surface area contributed by atoms with Gasteiger partial charge in [-0.25, -0.2) is 8.42 Å². The smallest absolute Gasteiger partial charge is 0.276 e. The Morgan fingerprint density at radius 3 is 2.85 bits per heavy atom. The second kappa shape index (κ2) is 6.65. The zero-order valence-corrected chi connectivity index (χ0v) is 15.3. The number of amides is 1. The number of carbonyl (C=O) groups is 1. The van der Waals surface area contributed by atoms with Crippen LogP contribution < -0.4 is 5.32 Å². The van der Waals surface area contributed by atoms with Gasteiger partial charge < -0.3 is 5.32 Å². The molecule has 1 N–H and O–H groups in total. The van der Waals surface area contributed by atoms with Crippen LogP contribution in [-0.4, -0.2) is 40.6 Å². The molecule has 0 radical (unpaired) electrons. The van der Waals surface area contributed by atoms with Gasteiger partial charge in [0.25, 0.3) is 5.91 Å². The van der Waals surface area contributed by atoms with Crippen molar-refractivity contribution in [3.05, 3.63) is 53.8 Å². The van der Waals surface area contributed by atoms with Crippen LogP contribution in [0.15, 0.2) is 48.1 Å². The van der Waals surface area contributed by atoms with Gasteiger partial charge in [-0.3, -0.25) is 14.5 Å². The molecule has 3 aromatic rings. The normalized spacial score (nSPS) is 18.7. The van der Waals surface area contributed by atoms with Crippen molar-refractivity contribution in [3.63, 3.8) is 0 Å². The quantitative estimate of drug-likeness (QED) is 0.741. The van der Waals surface area contributed by atoms with E-state index in [0.29, 0.717) is 12.1 Å². The van der Waals surface area contributed by atoms with Crippen LogP contribution in [0.4, 0.5) is 5.69 Å². The summed E-state index contributed by atoms with van der Waals surface area (Å²) in [5.74, 6) is -0.148. The van der Waals surface area contributed by atoms with Crippen LogP contribution in [0.2, 0.25) is 0 Å². The van der Waals surface area contributed by atoms with E-state index in [-0.39, 0.29) is 29.1 Å². The maximum atomic E-state index is 12.6. The lowest BCUT2D eigenvalue weighted by Gasteiger charge is -2.12. The van der Waals surface area contributed by atoms with E-state index in [1.165, 1.54) is 11.3 Å². The molecule has 1 amide bonds. The molecule has 9 heteroatoms. The first-order valence-electron chi connectivity index (χ1n) is 8.07. The zero-order valence-electron chi connectivity index (χ0n) is 13.7. The number of aromatic nitrogens is 3. The molecule has 7 nitrogen and oxygen atoms in total. The fourth-order valence-corrected chi connectivity index (χ4v) is 5.42. The average Bonchev–Trinajstić information content (AvgIpc) is 3.33. The SMILES string of the molecule is O=C(Nc1cccnc1)c1cc(-c2cccs2)n(C2CCS(=O)(=O)C2)n1. The minimum Gasteiger partial charge on any atom is -0.319 e. The minimum atomic E-state index is -3.05. The Morgan fingerprint density at radius 1 is 1.31 bits per heavy atom. The summed E-state index contributed by atoms with van der Waals surface area (Å²) in [4.78, 5) is 17.5. The molecule has 1 unspecified atom stereocenters. The number of carbonyl (C=O) groups excluding carboxylic acids is 1. The molecule has 1 aliphatic heterocycles. The first kappa shape index (κ1) is 16.9. The van der Waals surface area contributed by atoms with Gasteiger partial charge in [-0.2, -0.15) is 5.10 Å². The van der Waals surface area contributed by atoms with Crippen molar-refractivity contribution in [2.45, 2.75) is 12.5 Å². The van der Waals surface area contributed by atoms with E-state index < -0.39 is 9.84 Å². The lowest BCUT2D eigenvalue weighted by atomic mass is 10.2. The molecule has 0 aromatic carbocycles. The molecule has 26 heavy (non-hydrogen) atoms. The van der Waals surface area contributed by atoms with E-state index in [4.69, 9.17) is 0 Å². The minimum absolute atomic E-state index is 0.0523. The standard InChI is InChI=1S/C17H16N4O3S2/c22-17(19-12-3-1-6-18-10-12)14-9-15(16-4-2-7-25-16)21(20-14)13-5-8-26(23,24)11-13/h1-4,6-7,9-10,13H,5,8,11H2,(H,19,22). The topological polar surface area (TPSA) is 94.0 Å². The third-order valence-electron chi connectivity index (χ3n) is 4.22. The van der Waals surface area contributed by atoms with Crippen molar-refractivity contribution in [2.75, 3.05) is 16.8 Å². The Morgan fingerprint density at radius 2 is 2.19 bits per heavy atom. The fourth-order valence-electron chi connectivity index (χ4n) is 2.99. The number of hydrogen-bond acceptors (Lipinski definition) is 6. The highest BCUT2D eigenvalue weighted by Crippen LogP contribution is 2.32. The first-order chi connectivity index (χ1) is 12.5. The molecule has 0 spiro atoms. The summed E-state index contributed by atoms with van der Waals surface area (Å²) in [6, 6.07) is 8.78. The average molecular weight is 388 g/mol. The Hall–Kier alpha value is -2.52. The first-order valence-corrected chi connectivity index (χ1v) is 10.8. The molecular formula is C17H16N4O3S2. The van der Waals surface area contributed by atoms with E-state index in [2.05, 4.69) is 15.4 Å². The number of pyridine rings is 1. The second-order valence-corrected chi connectivity index (χ2v) is 9.27. The van der Waals surface area contributed by atoms with Crippen LogP contribution in [0, 0.1) is 0 Å². The number of hydrogen-bond donors (Lipinski definition) is 1. The fraction of sp³-hybridized carbons (Fsp3) is 0.235. The second-order valence-electron chi connectivity index (χ2n) is 6.09. The molecule has 3 aromatic heterocycles. The molecule has 0 aliphatic carbocycles. The van der Waals surface area contributed by atoms with Crippen molar-refractivity contribution in [1.29, 1.82) is 0 Å². The number of nitrogens with one attached hydrogen (secondary N) is 1. The van der Waals surface area contributed by atoms with Crippen LogP contribution in [0.3, 0.4) is 0 Å². The lowest BCUT2D eigenvalue weighted by Crippen LogP contribution is -2.16. The maximum absolute atomic E-state index is 12.6. The highest BCUT2D eigenvalue weighted by Gasteiger charge is 2.32. The molecular weight excluding hydrogens is 372 g/mol. The maximum Gasteiger partial charge on any atom is 0.276 e. The Bertz CT molecular complexity index is 1030. The van der Waals surface area contributed by atoms with Crippen LogP contribution in [0.5, 0.6) is 0 Å². The van der Waals surface area contributed by atoms with Gasteiger partial charge in [-0.15, -0.1) is 11.3 Å². The van der Waals surface area contributed by atoms with Crippen molar-refractivity contribution in [1.82, 2.24) is 14.8 Å². The molecule has 0 bridgehead atoms. The number of anilines is 1. The molecule has 1 fully saturated rings. The highest BCUT2D eigenvalue weighted by atomic mass is 32.2. The Kier molecular flexibility index (Phi) is 4.33. The molecule has 4 heterocycles. The van der Waals surface area contributed by atoms with E-state index in [1.807, 2.05) is 17.5 Å². The van der Waals surface area contributed by atoms with E-state index in [0.717, 1.165) is 10.6 Å². The molecule has 1 saturated heterocycles. The molecule has 0 saturated carbocycles. The number of thiophene rings is 1. The van der Waals surface area contributed by atoms with Gasteiger partial charge in [0.15, 0.2) is 15.5 Å². The summed E-state index contributed by atoms with van der Waals surface area (Å²) in [6.45, 7) is 0. The summed E-state index contributed by atoms with van der Waals surface area (Å²) >= 11 is 1.53. The van der Waals surface area contributed by atoms with Gasteiger partial charge in [0.05, 0.1) is 40.0 Å². The van der Waals surface area contributed by atoms with Gasteiger partial charge in [0, 0.05) is 6.20 Å². The van der Waals surface area contributed by atoms with E-state index >= 15 is 0 Å². The number of nitrogens with zero attached hydrogens (tertiary/aromatic N) is 3. The van der Waals surface area contributed by atoms with Gasteiger partial charge in [-0.05, 0) is 36.1 Å². The summed E-state index contributed by atoms with van der Waals surface area (Å²) in [7, 11) is -3.05. The van der Waals surface area contributed by atoms with Gasteiger partial charge in [0.2, 0.25) is 0 Å². The summed E-state index contributed by atoms with van der Waals surface area (Å²) < 4.78 is 25.4. The third-order valence-corrected chi connectivity index (χ3v) is 6.86. The van der Waals surface area contributed by atoms with Crippen LogP contribution in [0.25, 0.3) is 10.6 Å². The van der Waals surface area contributed by atoms with Crippen LogP contribution in [0.1, 0.15) is 23.0 Å². The third kappa shape index (κ3) is 3.40. The summed E-state index contributed by atoms with van der Waals surface area (Å²) in [5, 5.41) is 9.13. The summed E-state index contributed by atoms with van der Waals surface area (Å²) in [5.41, 5.74) is 1.59. The largest absolute Gasteiger partial charge is 0.319 e. The molecule has 4 rings (SSSR count). The highest BCUT2D eigenvalue weighted by molar-refractivity contribution is 7.91. The van der Waals surface area contributed by atoms with E-state index in [1.54, 1.807) is 35.3 Å². The Balaban J connectivity index is 1.68. The zero-order chi connectivity index (χ0) is 18.1. The van der Waals surface area contributed by atoms with E-state index in [9.17, 15) is 13.2 Å². The van der Waals surface area contributed by atoms with Crippen molar-refractivity contribution in [3.8, 4) is 10.6 Å². The predicted octanol–water partition coefficient (Wildman–Crippen LogP) is 2.62. The van der Waals surface area contributed by atoms with Crippen molar-refractivity contribution >= 4 is 32.8 Å². The number of sulfone groups is 1. The van der Waals surface area contributed by atoms with Crippen LogP contribution >= 0.6 is 11.3 Å². The number of rotatable bonds is 4. The summed E-state index contributed by atoms with van der Waals surface area (Å²) in [6.07, 6.45) is 3.69. The van der Waals surface area contributed by atoms with Gasteiger partial charge in [0.1, 0.15) is 0 Å². The monoisotopic (exact) mass is 388 g/mol. The van der Waals surface area contributed by atoms with Gasteiger partial charge in [-0.1, -0.05) is 6.07 Å². The predicted molar refractivity (Wildman–Crippen MR) is 100 cm³/mol.